The SMILES string of the molecule is COc1ccc2nc(N3C(=O)C(=O)/C(=C(/O)c4ccncc4)C3c3ccc(Cl)cc3)sc2c1. The molecule has 2 aromatic carbocycles. The molecule has 1 amide bonds. The summed E-state index contributed by atoms with van der Waals surface area (Å²) in [6, 6.07) is 14.5. The van der Waals surface area contributed by atoms with Crippen LogP contribution in [-0.2, 0) is 9.59 Å². The first-order valence-corrected chi connectivity index (χ1v) is 11.1. The number of benzene rings is 2. The number of aromatic nitrogens is 2. The zero-order valence-corrected chi connectivity index (χ0v) is 18.8. The Labute approximate surface area is 197 Å². The third-order valence-corrected chi connectivity index (χ3v) is 6.64. The van der Waals surface area contributed by atoms with Crippen LogP contribution in [0.3, 0.4) is 0 Å². The molecule has 164 valence electrons. The highest BCUT2D eigenvalue weighted by molar-refractivity contribution is 7.22. The smallest absolute Gasteiger partial charge is 0.301 e. The van der Waals surface area contributed by atoms with Gasteiger partial charge in [0.2, 0.25) is 0 Å². The van der Waals surface area contributed by atoms with Crippen molar-refractivity contribution in [2.45, 2.75) is 6.04 Å². The number of aliphatic hydroxyl groups is 1. The van der Waals surface area contributed by atoms with Gasteiger partial charge < -0.3 is 9.84 Å². The van der Waals surface area contributed by atoms with Crippen molar-refractivity contribution in [1.29, 1.82) is 0 Å². The Morgan fingerprint density at radius 1 is 1.09 bits per heavy atom. The molecule has 5 rings (SSSR count). The Morgan fingerprint density at radius 2 is 1.82 bits per heavy atom. The number of ketones is 1. The highest BCUT2D eigenvalue weighted by atomic mass is 35.5. The minimum Gasteiger partial charge on any atom is -0.507 e. The van der Waals surface area contributed by atoms with Crippen LogP contribution in [0.15, 0.2) is 72.6 Å². The monoisotopic (exact) mass is 477 g/mol. The average molecular weight is 478 g/mol. The Morgan fingerprint density at radius 3 is 2.52 bits per heavy atom. The van der Waals surface area contributed by atoms with Gasteiger partial charge in [-0.1, -0.05) is 35.1 Å². The molecule has 1 fully saturated rings. The van der Waals surface area contributed by atoms with Crippen molar-refractivity contribution in [3.8, 4) is 5.75 Å². The Bertz CT molecular complexity index is 1420. The predicted molar refractivity (Wildman–Crippen MR) is 127 cm³/mol. The van der Waals surface area contributed by atoms with Gasteiger partial charge in [0.25, 0.3) is 5.78 Å². The molecule has 4 aromatic rings. The van der Waals surface area contributed by atoms with E-state index in [4.69, 9.17) is 16.3 Å². The third kappa shape index (κ3) is 3.63. The van der Waals surface area contributed by atoms with E-state index in [1.165, 1.54) is 28.6 Å². The van der Waals surface area contributed by atoms with Gasteiger partial charge >= 0.3 is 5.91 Å². The van der Waals surface area contributed by atoms with Crippen LogP contribution in [0, 0.1) is 0 Å². The van der Waals surface area contributed by atoms with E-state index < -0.39 is 17.7 Å². The number of nitrogens with zero attached hydrogens (tertiary/aromatic N) is 3. The molecule has 2 aromatic heterocycles. The number of amides is 1. The van der Waals surface area contributed by atoms with Crippen LogP contribution < -0.4 is 9.64 Å². The van der Waals surface area contributed by atoms with Gasteiger partial charge in [0, 0.05) is 23.0 Å². The molecule has 1 atom stereocenters. The molecule has 1 N–H and O–H groups in total. The first kappa shape index (κ1) is 21.1. The summed E-state index contributed by atoms with van der Waals surface area (Å²) in [6.45, 7) is 0. The van der Waals surface area contributed by atoms with Crippen molar-refractivity contribution in [3.63, 3.8) is 0 Å². The molecule has 0 bridgehead atoms. The van der Waals surface area contributed by atoms with Gasteiger partial charge in [-0.2, -0.15) is 0 Å². The lowest BCUT2D eigenvalue weighted by Crippen LogP contribution is -2.29. The van der Waals surface area contributed by atoms with Crippen molar-refractivity contribution in [2.24, 2.45) is 0 Å². The standard InChI is InChI=1S/C24H16ClN3O4S/c1-32-16-6-7-17-18(12-16)33-24(27-17)28-20(13-2-4-15(25)5-3-13)19(22(30)23(28)31)21(29)14-8-10-26-11-9-14/h2-12,20,29H,1H3/b21-19+. The van der Waals surface area contributed by atoms with Gasteiger partial charge in [-0.25, -0.2) is 4.98 Å². The van der Waals surface area contributed by atoms with Gasteiger partial charge in [0.15, 0.2) is 5.13 Å². The first-order chi connectivity index (χ1) is 16.0. The van der Waals surface area contributed by atoms with Crippen LogP contribution >= 0.6 is 22.9 Å². The zero-order chi connectivity index (χ0) is 23.1. The van der Waals surface area contributed by atoms with Crippen LogP contribution in [0.5, 0.6) is 5.75 Å². The van der Waals surface area contributed by atoms with Crippen molar-refractivity contribution in [1.82, 2.24) is 9.97 Å². The van der Waals surface area contributed by atoms with E-state index in [9.17, 15) is 14.7 Å². The molecule has 33 heavy (non-hydrogen) atoms. The van der Waals surface area contributed by atoms with E-state index in [0.29, 0.717) is 32.5 Å². The molecule has 0 radical (unpaired) electrons. The van der Waals surface area contributed by atoms with Gasteiger partial charge in [-0.15, -0.1) is 0 Å². The van der Waals surface area contributed by atoms with Crippen LogP contribution in [0.25, 0.3) is 16.0 Å². The number of hydrogen-bond acceptors (Lipinski definition) is 7. The maximum absolute atomic E-state index is 13.2. The lowest BCUT2D eigenvalue weighted by molar-refractivity contribution is -0.132. The third-order valence-electron chi connectivity index (χ3n) is 5.37. The van der Waals surface area contributed by atoms with E-state index in [1.807, 2.05) is 6.07 Å². The van der Waals surface area contributed by atoms with E-state index in [2.05, 4.69) is 9.97 Å². The molecule has 0 spiro atoms. The summed E-state index contributed by atoms with van der Waals surface area (Å²) in [5.74, 6) is -1.18. The largest absolute Gasteiger partial charge is 0.507 e. The van der Waals surface area contributed by atoms with Crippen molar-refractivity contribution in [3.05, 3.63) is 88.7 Å². The lowest BCUT2D eigenvalue weighted by Gasteiger charge is -2.23. The fourth-order valence-electron chi connectivity index (χ4n) is 3.78. The quantitative estimate of drug-likeness (QED) is 0.253. The number of pyridine rings is 1. The topological polar surface area (TPSA) is 92.6 Å². The molecule has 1 saturated heterocycles. The second-order valence-corrected chi connectivity index (χ2v) is 8.73. The van der Waals surface area contributed by atoms with E-state index in [0.717, 1.165) is 4.70 Å². The molecule has 7 nitrogen and oxygen atoms in total. The van der Waals surface area contributed by atoms with Crippen LogP contribution in [0.4, 0.5) is 5.13 Å². The Kier molecular flexibility index (Phi) is 5.32. The molecular weight excluding hydrogens is 462 g/mol. The number of rotatable bonds is 4. The second-order valence-electron chi connectivity index (χ2n) is 7.29. The molecule has 3 heterocycles. The maximum atomic E-state index is 13.2. The van der Waals surface area contributed by atoms with Crippen LogP contribution in [-0.4, -0.2) is 33.9 Å². The normalized spacial score (nSPS) is 17.6. The average Bonchev–Trinajstić information content (AvgIpc) is 3.37. The number of methoxy groups -OCH3 is 1. The molecule has 1 unspecified atom stereocenters. The number of anilines is 1. The Balaban J connectivity index is 1.72. The summed E-state index contributed by atoms with van der Waals surface area (Å²) >= 11 is 7.33. The first-order valence-electron chi connectivity index (χ1n) is 9.89. The van der Waals surface area contributed by atoms with Crippen molar-refractivity contribution in [2.75, 3.05) is 12.0 Å². The predicted octanol–water partition coefficient (Wildman–Crippen LogP) is 4.98. The van der Waals surface area contributed by atoms with Gasteiger partial charge in [-0.05, 0) is 48.0 Å². The highest BCUT2D eigenvalue weighted by Crippen LogP contribution is 2.44. The fourth-order valence-corrected chi connectivity index (χ4v) is 4.93. The molecular formula is C24H16ClN3O4S. The maximum Gasteiger partial charge on any atom is 0.301 e. The number of Topliss-reactive ketones (excluding diaryl/α,β-unsaturated/α-hetero) is 1. The number of aliphatic hydroxyl groups excluding tert-OH is 1. The van der Waals surface area contributed by atoms with E-state index in [1.54, 1.807) is 55.6 Å². The van der Waals surface area contributed by atoms with Crippen LogP contribution in [0.2, 0.25) is 5.02 Å². The van der Waals surface area contributed by atoms with Crippen molar-refractivity contribution < 1.29 is 19.4 Å². The lowest BCUT2D eigenvalue weighted by atomic mass is 9.96. The molecule has 9 heteroatoms. The summed E-state index contributed by atoms with van der Waals surface area (Å²) < 4.78 is 6.08. The summed E-state index contributed by atoms with van der Waals surface area (Å²) in [5.41, 5.74) is 1.65. The van der Waals surface area contributed by atoms with Gasteiger partial charge in [0.1, 0.15) is 11.5 Å². The van der Waals surface area contributed by atoms with Crippen molar-refractivity contribution >= 4 is 55.7 Å². The number of thiazole rings is 1. The van der Waals surface area contributed by atoms with Gasteiger partial charge in [0.05, 0.1) is 28.9 Å². The molecule has 1 aliphatic rings. The number of carbonyl (C=O) groups excluding carboxylic acids is 2. The fraction of sp³-hybridized carbons (Fsp3) is 0.0833. The van der Waals surface area contributed by atoms with Gasteiger partial charge in [-0.3, -0.25) is 19.5 Å². The molecule has 0 saturated carbocycles. The number of carbonyl (C=O) groups is 2. The summed E-state index contributed by atoms with van der Waals surface area (Å²) in [7, 11) is 1.57. The Hall–Kier alpha value is -3.75. The van der Waals surface area contributed by atoms with Crippen LogP contribution in [0.1, 0.15) is 17.2 Å². The summed E-state index contributed by atoms with van der Waals surface area (Å²) in [6.07, 6.45) is 3.01. The minimum absolute atomic E-state index is 0.0228. The second kappa shape index (κ2) is 8.31. The highest BCUT2D eigenvalue weighted by Gasteiger charge is 2.48. The summed E-state index contributed by atoms with van der Waals surface area (Å²) in [4.78, 5) is 36.3. The van der Waals surface area contributed by atoms with E-state index in [-0.39, 0.29) is 11.3 Å². The minimum atomic E-state index is -0.877. The van der Waals surface area contributed by atoms with E-state index >= 15 is 0 Å². The zero-order valence-electron chi connectivity index (χ0n) is 17.2. The summed E-state index contributed by atoms with van der Waals surface area (Å²) in [5, 5.41) is 11.9. The number of hydrogen-bond donors (Lipinski definition) is 1. The molecule has 1 aliphatic heterocycles. The number of halogens is 1. The molecule has 0 aliphatic carbocycles. The number of fused-ring (bicyclic) bond motifs is 1. The number of ether oxygens (including phenoxy) is 1.